The van der Waals surface area contributed by atoms with Gasteiger partial charge in [-0.2, -0.15) is 0 Å². The maximum absolute atomic E-state index is 14.1. The van der Waals surface area contributed by atoms with Gasteiger partial charge in [-0.25, -0.2) is 18.4 Å². The van der Waals surface area contributed by atoms with Gasteiger partial charge < -0.3 is 9.80 Å². The van der Waals surface area contributed by atoms with Crippen LogP contribution < -0.4 is 0 Å². The summed E-state index contributed by atoms with van der Waals surface area (Å²) in [5, 5.41) is 7.82. The largest absolute Gasteiger partial charge is 0.337 e. The highest BCUT2D eigenvalue weighted by atomic mass is 19.3. The van der Waals surface area contributed by atoms with Crippen molar-refractivity contribution >= 4 is 11.8 Å². The van der Waals surface area contributed by atoms with E-state index in [1.54, 1.807) is 24.0 Å². The Bertz CT molecular complexity index is 925. The normalized spacial score (nSPS) is 21.0. The van der Waals surface area contributed by atoms with Crippen LogP contribution in [0.2, 0.25) is 0 Å². The molecule has 0 saturated carbocycles. The fourth-order valence-electron chi connectivity index (χ4n) is 3.89. The molecule has 4 heterocycles. The molecular formula is C19H22F2N6O2. The number of hydrogen-bond acceptors (Lipinski definition) is 5. The highest BCUT2D eigenvalue weighted by Gasteiger charge is 2.47. The van der Waals surface area contributed by atoms with E-state index >= 15 is 0 Å². The van der Waals surface area contributed by atoms with Gasteiger partial charge in [0.2, 0.25) is 0 Å². The van der Waals surface area contributed by atoms with Gasteiger partial charge in [0, 0.05) is 25.2 Å². The standard InChI is InChI=1S/C19H22F2N6O2/c1-13-5-4-6-15(22-13)18(29)27-12-19(20,21)9-14(27)10-26-11-16(23-24-26)17(28)25-7-2-3-8-25/h4-6,11,14H,2-3,7-10,12H2,1H3/t14-/m0/s1. The van der Waals surface area contributed by atoms with Crippen molar-refractivity contribution in [3.63, 3.8) is 0 Å². The van der Waals surface area contributed by atoms with Gasteiger partial charge in [-0.15, -0.1) is 5.10 Å². The summed E-state index contributed by atoms with van der Waals surface area (Å²) in [6.07, 6.45) is 2.91. The molecule has 0 spiro atoms. The van der Waals surface area contributed by atoms with E-state index in [9.17, 15) is 18.4 Å². The average molecular weight is 404 g/mol. The Balaban J connectivity index is 1.50. The molecule has 4 rings (SSSR count). The van der Waals surface area contributed by atoms with E-state index < -0.39 is 30.8 Å². The molecule has 0 N–H and O–H groups in total. The first-order chi connectivity index (χ1) is 13.8. The zero-order chi connectivity index (χ0) is 20.6. The van der Waals surface area contributed by atoms with Crippen LogP contribution in [-0.4, -0.2) is 73.2 Å². The maximum atomic E-state index is 14.1. The number of alkyl halides is 2. The van der Waals surface area contributed by atoms with Crippen molar-refractivity contribution in [2.45, 2.75) is 44.7 Å². The van der Waals surface area contributed by atoms with Crippen molar-refractivity contribution in [1.29, 1.82) is 0 Å². The van der Waals surface area contributed by atoms with Crippen molar-refractivity contribution in [1.82, 2.24) is 29.8 Å². The van der Waals surface area contributed by atoms with Crippen LogP contribution in [0.1, 0.15) is 45.9 Å². The summed E-state index contributed by atoms with van der Waals surface area (Å²) < 4.78 is 29.6. The zero-order valence-corrected chi connectivity index (χ0v) is 16.1. The second-order valence-corrected chi connectivity index (χ2v) is 7.64. The number of aromatic nitrogens is 4. The Hall–Kier alpha value is -2.91. The summed E-state index contributed by atoms with van der Waals surface area (Å²) in [4.78, 5) is 32.2. The van der Waals surface area contributed by atoms with Crippen LogP contribution in [-0.2, 0) is 6.54 Å². The molecule has 2 aromatic heterocycles. The number of aryl methyl sites for hydroxylation is 1. The monoisotopic (exact) mass is 404 g/mol. The summed E-state index contributed by atoms with van der Waals surface area (Å²) in [6, 6.07) is 4.16. The molecule has 0 aliphatic carbocycles. The summed E-state index contributed by atoms with van der Waals surface area (Å²) in [5.41, 5.74) is 0.964. The first-order valence-electron chi connectivity index (χ1n) is 9.64. The van der Waals surface area contributed by atoms with Crippen LogP contribution in [0.4, 0.5) is 8.78 Å². The molecule has 154 valence electrons. The third kappa shape index (κ3) is 4.10. The van der Waals surface area contributed by atoms with Crippen LogP contribution >= 0.6 is 0 Å². The Kier molecular flexibility index (Phi) is 5.01. The van der Waals surface area contributed by atoms with E-state index in [1.807, 2.05) is 0 Å². The van der Waals surface area contributed by atoms with E-state index in [-0.39, 0.29) is 23.8 Å². The van der Waals surface area contributed by atoms with Crippen molar-refractivity contribution in [2.75, 3.05) is 19.6 Å². The van der Waals surface area contributed by atoms with E-state index in [2.05, 4.69) is 15.3 Å². The molecule has 8 nitrogen and oxygen atoms in total. The zero-order valence-electron chi connectivity index (χ0n) is 16.1. The number of carbonyl (C=O) groups is 2. The van der Waals surface area contributed by atoms with Crippen molar-refractivity contribution in [3.05, 3.63) is 41.5 Å². The molecular weight excluding hydrogens is 382 g/mol. The first-order valence-corrected chi connectivity index (χ1v) is 9.64. The minimum absolute atomic E-state index is 0.0351. The lowest BCUT2D eigenvalue weighted by Gasteiger charge is -2.23. The van der Waals surface area contributed by atoms with E-state index in [1.165, 1.54) is 16.9 Å². The van der Waals surface area contributed by atoms with E-state index in [4.69, 9.17) is 0 Å². The van der Waals surface area contributed by atoms with E-state index in [0.29, 0.717) is 18.8 Å². The average Bonchev–Trinajstić information content (AvgIpc) is 3.41. The Morgan fingerprint density at radius 1 is 1.17 bits per heavy atom. The molecule has 0 radical (unpaired) electrons. The number of pyridine rings is 1. The molecule has 2 amide bonds. The number of hydrogen-bond donors (Lipinski definition) is 0. The number of amides is 2. The van der Waals surface area contributed by atoms with Gasteiger partial charge in [-0.3, -0.25) is 9.59 Å². The quantitative estimate of drug-likeness (QED) is 0.776. The number of likely N-dealkylation sites (tertiary alicyclic amines) is 2. The summed E-state index contributed by atoms with van der Waals surface area (Å²) in [7, 11) is 0. The highest BCUT2D eigenvalue weighted by molar-refractivity contribution is 5.93. The minimum atomic E-state index is -2.99. The van der Waals surface area contributed by atoms with Crippen LogP contribution in [0.5, 0.6) is 0 Å². The lowest BCUT2D eigenvalue weighted by molar-refractivity contribution is 0.0116. The second kappa shape index (κ2) is 7.49. The van der Waals surface area contributed by atoms with Gasteiger partial charge in [-0.1, -0.05) is 11.3 Å². The predicted octanol–water partition coefficient (Wildman–Crippen LogP) is 1.77. The minimum Gasteiger partial charge on any atom is -0.337 e. The molecule has 2 aliphatic rings. The highest BCUT2D eigenvalue weighted by Crippen LogP contribution is 2.33. The Morgan fingerprint density at radius 3 is 2.66 bits per heavy atom. The van der Waals surface area contributed by atoms with Crippen LogP contribution in [0, 0.1) is 6.92 Å². The number of rotatable bonds is 4. The van der Waals surface area contributed by atoms with Crippen LogP contribution in [0.25, 0.3) is 0 Å². The lowest BCUT2D eigenvalue weighted by Crippen LogP contribution is -2.39. The molecule has 2 fully saturated rings. The van der Waals surface area contributed by atoms with Gasteiger partial charge in [0.25, 0.3) is 17.7 Å². The molecule has 2 aromatic rings. The summed E-state index contributed by atoms with van der Waals surface area (Å²) in [5.74, 6) is -3.73. The molecule has 2 saturated heterocycles. The second-order valence-electron chi connectivity index (χ2n) is 7.64. The van der Waals surface area contributed by atoms with Crippen LogP contribution in [0.3, 0.4) is 0 Å². The fourth-order valence-corrected chi connectivity index (χ4v) is 3.89. The van der Waals surface area contributed by atoms with Crippen LogP contribution in [0.15, 0.2) is 24.4 Å². The molecule has 10 heteroatoms. The molecule has 0 aromatic carbocycles. The number of nitrogens with zero attached hydrogens (tertiary/aromatic N) is 6. The van der Waals surface area contributed by atoms with Crippen molar-refractivity contribution < 1.29 is 18.4 Å². The lowest BCUT2D eigenvalue weighted by atomic mass is 10.2. The molecule has 0 bridgehead atoms. The van der Waals surface area contributed by atoms with Gasteiger partial charge in [0.05, 0.1) is 25.3 Å². The molecule has 2 aliphatic heterocycles. The topological polar surface area (TPSA) is 84.2 Å². The van der Waals surface area contributed by atoms with Gasteiger partial charge in [0.1, 0.15) is 5.69 Å². The summed E-state index contributed by atoms with van der Waals surface area (Å²) >= 11 is 0. The van der Waals surface area contributed by atoms with Gasteiger partial charge in [-0.05, 0) is 31.9 Å². The predicted molar refractivity (Wildman–Crippen MR) is 98.5 cm³/mol. The third-order valence-corrected chi connectivity index (χ3v) is 5.29. The van der Waals surface area contributed by atoms with Gasteiger partial charge in [0.15, 0.2) is 5.69 Å². The van der Waals surface area contributed by atoms with E-state index in [0.717, 1.165) is 17.7 Å². The maximum Gasteiger partial charge on any atom is 0.276 e. The Labute approximate surface area is 166 Å². The Morgan fingerprint density at radius 2 is 1.93 bits per heavy atom. The molecule has 0 unspecified atom stereocenters. The van der Waals surface area contributed by atoms with Crippen molar-refractivity contribution in [3.8, 4) is 0 Å². The number of carbonyl (C=O) groups excluding carboxylic acids is 2. The first kappa shape index (κ1) is 19.4. The van der Waals surface area contributed by atoms with Crippen molar-refractivity contribution in [2.24, 2.45) is 0 Å². The van der Waals surface area contributed by atoms with Gasteiger partial charge >= 0.3 is 0 Å². The summed E-state index contributed by atoms with van der Waals surface area (Å²) in [6.45, 7) is 2.48. The smallest absolute Gasteiger partial charge is 0.276 e. The molecule has 1 atom stereocenters. The SMILES string of the molecule is Cc1cccc(C(=O)N2CC(F)(F)C[C@H]2Cn2cc(C(=O)N3CCCC3)nn2)n1. The third-order valence-electron chi connectivity index (χ3n) is 5.29. The fraction of sp³-hybridized carbons (Fsp3) is 0.526. The number of halogens is 2. The molecule has 29 heavy (non-hydrogen) atoms.